The largest absolute Gasteiger partial charge is 0.347 e. The Morgan fingerprint density at radius 3 is 3.00 bits per heavy atom. The normalized spacial score (nSPS) is 18.4. The topological polar surface area (TPSA) is 28.7 Å². The zero-order valence-electron chi connectivity index (χ0n) is 10.4. The van der Waals surface area contributed by atoms with E-state index in [0.29, 0.717) is 10.6 Å². The average molecular weight is 256 g/mol. The Labute approximate surface area is 112 Å². The maximum atomic E-state index is 5.22. The van der Waals surface area contributed by atoms with Crippen molar-refractivity contribution in [3.8, 4) is 0 Å². The van der Waals surface area contributed by atoms with Gasteiger partial charge in [-0.1, -0.05) is 36.5 Å². The Bertz CT molecular complexity index is 630. The minimum atomic E-state index is 0.372. The van der Waals surface area contributed by atoms with Gasteiger partial charge in [0.15, 0.2) is 0 Å². The molecule has 3 rings (SSSR count). The molecular weight excluding hydrogens is 240 g/mol. The molecular formula is C15H16N2S. The molecule has 0 radical (unpaired) electrons. The van der Waals surface area contributed by atoms with Gasteiger partial charge in [-0.15, -0.1) is 0 Å². The van der Waals surface area contributed by atoms with Crippen molar-refractivity contribution >= 4 is 12.2 Å². The third-order valence-corrected chi connectivity index (χ3v) is 3.80. The maximum absolute atomic E-state index is 5.22. The Morgan fingerprint density at radius 2 is 2.17 bits per heavy atom. The zero-order valence-corrected chi connectivity index (χ0v) is 11.3. The molecule has 1 aliphatic rings. The Kier molecular flexibility index (Phi) is 3.00. The van der Waals surface area contributed by atoms with Crippen LogP contribution in [0.4, 0.5) is 0 Å². The van der Waals surface area contributed by atoms with Crippen molar-refractivity contribution in [2.24, 2.45) is 0 Å². The summed E-state index contributed by atoms with van der Waals surface area (Å²) in [6, 6.07) is 10.6. The fourth-order valence-electron chi connectivity index (χ4n) is 2.81. The second-order valence-corrected chi connectivity index (χ2v) is 5.35. The third-order valence-electron chi connectivity index (χ3n) is 3.60. The zero-order chi connectivity index (χ0) is 12.5. The second-order valence-electron chi connectivity index (χ2n) is 4.93. The van der Waals surface area contributed by atoms with Gasteiger partial charge in [0.05, 0.1) is 0 Å². The summed E-state index contributed by atoms with van der Waals surface area (Å²) in [6.07, 6.45) is 3.55. The molecule has 0 spiro atoms. The van der Waals surface area contributed by atoms with E-state index in [1.807, 2.05) is 13.0 Å². The van der Waals surface area contributed by atoms with E-state index < -0.39 is 0 Å². The summed E-state index contributed by atoms with van der Waals surface area (Å²) in [5.74, 6) is 1.39. The number of nitrogens with zero attached hydrogens (tertiary/aromatic N) is 1. The molecule has 1 aromatic carbocycles. The number of hydrogen-bond acceptors (Lipinski definition) is 2. The lowest BCUT2D eigenvalue weighted by atomic mass is 9.82. The number of nitrogens with one attached hydrogen (secondary N) is 1. The molecule has 18 heavy (non-hydrogen) atoms. The molecule has 2 aromatic rings. The van der Waals surface area contributed by atoms with E-state index in [0.717, 1.165) is 17.9 Å². The van der Waals surface area contributed by atoms with Crippen molar-refractivity contribution in [1.82, 2.24) is 9.97 Å². The molecule has 0 aliphatic heterocycles. The Balaban J connectivity index is 2.11. The smallest absolute Gasteiger partial charge is 0.130 e. The number of aromatic nitrogens is 2. The molecule has 1 heterocycles. The number of fused-ring (bicyclic) bond motifs is 1. The molecule has 0 saturated carbocycles. The first-order valence-corrected chi connectivity index (χ1v) is 6.80. The molecule has 1 unspecified atom stereocenters. The van der Waals surface area contributed by atoms with E-state index in [4.69, 9.17) is 12.2 Å². The number of H-pyrrole nitrogens is 1. The highest BCUT2D eigenvalue weighted by atomic mass is 32.1. The standard InChI is InChI=1S/C15H16N2S/c1-10-9-14(18)17-15(16-10)13-8-4-6-11-5-2-3-7-12(11)13/h2-3,5,7,9,13H,4,6,8H2,1H3,(H,16,17,18). The van der Waals surface area contributed by atoms with Gasteiger partial charge in [0.25, 0.3) is 0 Å². The average Bonchev–Trinajstić information content (AvgIpc) is 2.37. The fourth-order valence-corrected chi connectivity index (χ4v) is 3.08. The first-order chi connectivity index (χ1) is 8.74. The van der Waals surface area contributed by atoms with Crippen LogP contribution >= 0.6 is 12.2 Å². The maximum Gasteiger partial charge on any atom is 0.130 e. The highest BCUT2D eigenvalue weighted by Gasteiger charge is 2.23. The molecule has 3 heteroatoms. The number of aryl methyl sites for hydroxylation is 2. The Hall–Kier alpha value is -1.48. The van der Waals surface area contributed by atoms with Crippen LogP contribution in [-0.2, 0) is 6.42 Å². The van der Waals surface area contributed by atoms with Crippen molar-refractivity contribution in [1.29, 1.82) is 0 Å². The van der Waals surface area contributed by atoms with E-state index in [2.05, 4.69) is 34.2 Å². The lowest BCUT2D eigenvalue weighted by Crippen LogP contribution is -2.14. The lowest BCUT2D eigenvalue weighted by molar-refractivity contribution is 0.588. The molecule has 1 atom stereocenters. The first kappa shape index (κ1) is 11.6. The molecule has 2 nitrogen and oxygen atoms in total. The second kappa shape index (κ2) is 4.65. The molecule has 0 bridgehead atoms. The fraction of sp³-hybridized carbons (Fsp3) is 0.333. The van der Waals surface area contributed by atoms with E-state index in [9.17, 15) is 0 Å². The van der Waals surface area contributed by atoms with Gasteiger partial charge in [0.2, 0.25) is 0 Å². The van der Waals surface area contributed by atoms with Crippen molar-refractivity contribution in [3.63, 3.8) is 0 Å². The summed E-state index contributed by atoms with van der Waals surface area (Å²) < 4.78 is 0.685. The highest BCUT2D eigenvalue weighted by Crippen LogP contribution is 2.34. The number of aromatic amines is 1. The van der Waals surface area contributed by atoms with Crippen LogP contribution in [0.25, 0.3) is 0 Å². The first-order valence-electron chi connectivity index (χ1n) is 6.40. The summed E-state index contributed by atoms with van der Waals surface area (Å²) in [4.78, 5) is 7.90. The van der Waals surface area contributed by atoms with Gasteiger partial charge in [-0.2, -0.15) is 0 Å². The van der Waals surface area contributed by atoms with Crippen LogP contribution in [0.2, 0.25) is 0 Å². The molecule has 0 saturated heterocycles. The van der Waals surface area contributed by atoms with Gasteiger partial charge < -0.3 is 4.98 Å². The molecule has 92 valence electrons. The third kappa shape index (κ3) is 2.10. The summed E-state index contributed by atoms with van der Waals surface area (Å²) in [7, 11) is 0. The van der Waals surface area contributed by atoms with Gasteiger partial charge in [0.1, 0.15) is 10.5 Å². The van der Waals surface area contributed by atoms with Gasteiger partial charge in [-0.3, -0.25) is 0 Å². The summed E-state index contributed by atoms with van der Waals surface area (Å²) in [5.41, 5.74) is 3.96. The van der Waals surface area contributed by atoms with Crippen LogP contribution in [-0.4, -0.2) is 9.97 Å². The van der Waals surface area contributed by atoms with Gasteiger partial charge in [0, 0.05) is 11.6 Å². The summed E-state index contributed by atoms with van der Waals surface area (Å²) in [6.45, 7) is 2.04. The van der Waals surface area contributed by atoms with Crippen molar-refractivity contribution in [3.05, 3.63) is 57.6 Å². The van der Waals surface area contributed by atoms with Gasteiger partial charge in [-0.25, -0.2) is 4.98 Å². The Morgan fingerprint density at radius 1 is 1.33 bits per heavy atom. The summed E-state index contributed by atoms with van der Waals surface area (Å²) >= 11 is 5.22. The van der Waals surface area contributed by atoms with E-state index in [1.165, 1.54) is 24.0 Å². The van der Waals surface area contributed by atoms with E-state index in [-0.39, 0.29) is 0 Å². The molecule has 0 amide bonds. The van der Waals surface area contributed by atoms with Crippen molar-refractivity contribution in [2.45, 2.75) is 32.1 Å². The number of rotatable bonds is 1. The molecule has 1 aromatic heterocycles. The SMILES string of the molecule is Cc1cc(=S)nc(C2CCCc3ccccc32)[nH]1. The monoisotopic (exact) mass is 256 g/mol. The van der Waals surface area contributed by atoms with Crippen LogP contribution in [0.1, 0.15) is 41.4 Å². The van der Waals surface area contributed by atoms with Gasteiger partial charge in [-0.05, 0) is 43.4 Å². The molecule has 0 fully saturated rings. The predicted molar refractivity (Wildman–Crippen MR) is 75.4 cm³/mol. The molecule has 1 N–H and O–H groups in total. The number of benzene rings is 1. The van der Waals surface area contributed by atoms with Crippen LogP contribution < -0.4 is 0 Å². The molecule has 1 aliphatic carbocycles. The van der Waals surface area contributed by atoms with Crippen molar-refractivity contribution in [2.75, 3.05) is 0 Å². The number of hydrogen-bond donors (Lipinski definition) is 1. The van der Waals surface area contributed by atoms with Crippen LogP contribution in [0.5, 0.6) is 0 Å². The van der Waals surface area contributed by atoms with Crippen LogP contribution in [0.3, 0.4) is 0 Å². The predicted octanol–water partition coefficient (Wildman–Crippen LogP) is 3.92. The van der Waals surface area contributed by atoms with Crippen LogP contribution in [0, 0.1) is 11.6 Å². The highest BCUT2D eigenvalue weighted by molar-refractivity contribution is 7.71. The lowest BCUT2D eigenvalue weighted by Gasteiger charge is -2.24. The van der Waals surface area contributed by atoms with E-state index >= 15 is 0 Å². The van der Waals surface area contributed by atoms with Gasteiger partial charge >= 0.3 is 0 Å². The van der Waals surface area contributed by atoms with Crippen molar-refractivity contribution < 1.29 is 0 Å². The summed E-state index contributed by atoms with van der Waals surface area (Å²) in [5, 5.41) is 0. The van der Waals surface area contributed by atoms with Crippen LogP contribution in [0.15, 0.2) is 30.3 Å². The van der Waals surface area contributed by atoms with E-state index in [1.54, 1.807) is 0 Å². The minimum Gasteiger partial charge on any atom is -0.347 e. The quantitative estimate of drug-likeness (QED) is 0.783. The minimum absolute atomic E-state index is 0.372.